The van der Waals surface area contributed by atoms with E-state index in [4.69, 9.17) is 4.43 Å². The van der Waals surface area contributed by atoms with Crippen LogP contribution in [-0.4, -0.2) is 25.7 Å². The van der Waals surface area contributed by atoms with Gasteiger partial charge in [-0.05, 0) is 47.4 Å². The molecular formula is C23H30O3Si. The van der Waals surface area contributed by atoms with Gasteiger partial charge in [0.25, 0.3) is 0 Å². The summed E-state index contributed by atoms with van der Waals surface area (Å²) in [7, 11) is -2.09. The molecule has 3 nitrogen and oxygen atoms in total. The summed E-state index contributed by atoms with van der Waals surface area (Å²) in [5.41, 5.74) is -0.856. The molecule has 0 bridgehead atoms. The van der Waals surface area contributed by atoms with Gasteiger partial charge < -0.3 is 9.53 Å². The summed E-state index contributed by atoms with van der Waals surface area (Å²) in [4.78, 5) is 12.3. The van der Waals surface area contributed by atoms with Crippen LogP contribution >= 0.6 is 0 Å². The minimum absolute atomic E-state index is 0.209. The topological polar surface area (TPSA) is 46.5 Å². The SMILES string of the molecule is CC(C)(C)C1CCC(O[SiH](c2ccccc2)c2ccccc2)(C(=O)O)CC1. The highest BCUT2D eigenvalue weighted by atomic mass is 28.3. The molecule has 2 aromatic rings. The molecule has 1 N–H and O–H groups in total. The lowest BCUT2D eigenvalue weighted by molar-refractivity contribution is -0.160. The summed E-state index contributed by atoms with van der Waals surface area (Å²) in [5.74, 6) is -0.263. The number of carboxylic acids is 1. The monoisotopic (exact) mass is 382 g/mol. The maximum atomic E-state index is 12.3. The average molecular weight is 383 g/mol. The predicted octanol–water partition coefficient (Wildman–Crippen LogP) is 3.60. The third kappa shape index (κ3) is 4.50. The molecule has 0 aliphatic heterocycles. The van der Waals surface area contributed by atoms with Crippen molar-refractivity contribution in [1.82, 2.24) is 0 Å². The van der Waals surface area contributed by atoms with Crippen LogP contribution in [-0.2, 0) is 9.22 Å². The first kappa shape index (κ1) is 19.8. The van der Waals surface area contributed by atoms with E-state index in [9.17, 15) is 9.90 Å². The molecule has 0 heterocycles. The molecule has 0 spiro atoms. The summed E-state index contributed by atoms with van der Waals surface area (Å²) in [5, 5.41) is 12.4. The Labute approximate surface area is 164 Å². The highest BCUT2D eigenvalue weighted by Gasteiger charge is 2.46. The molecule has 0 atom stereocenters. The van der Waals surface area contributed by atoms with E-state index in [0.717, 1.165) is 23.2 Å². The first-order chi connectivity index (χ1) is 12.8. The van der Waals surface area contributed by atoms with Crippen LogP contribution in [0.25, 0.3) is 0 Å². The fraction of sp³-hybridized carbons (Fsp3) is 0.435. The van der Waals surface area contributed by atoms with Crippen LogP contribution in [0.3, 0.4) is 0 Å². The lowest BCUT2D eigenvalue weighted by Crippen LogP contribution is -2.56. The molecule has 1 aliphatic rings. The van der Waals surface area contributed by atoms with Gasteiger partial charge in [0, 0.05) is 0 Å². The van der Waals surface area contributed by atoms with Crippen LogP contribution in [0.15, 0.2) is 60.7 Å². The van der Waals surface area contributed by atoms with Crippen molar-refractivity contribution in [3.05, 3.63) is 60.7 Å². The average Bonchev–Trinajstić information content (AvgIpc) is 2.67. The minimum atomic E-state index is -2.09. The number of carbonyl (C=O) groups is 1. The third-order valence-electron chi connectivity index (χ3n) is 5.96. The lowest BCUT2D eigenvalue weighted by Gasteiger charge is -2.43. The van der Waals surface area contributed by atoms with E-state index in [2.05, 4.69) is 45.0 Å². The van der Waals surface area contributed by atoms with Crippen molar-refractivity contribution in [2.24, 2.45) is 11.3 Å². The zero-order chi connectivity index (χ0) is 19.5. The van der Waals surface area contributed by atoms with Crippen molar-refractivity contribution in [1.29, 1.82) is 0 Å². The van der Waals surface area contributed by atoms with E-state index in [-0.39, 0.29) is 5.41 Å². The van der Waals surface area contributed by atoms with Gasteiger partial charge in [-0.2, -0.15) is 0 Å². The fourth-order valence-electron chi connectivity index (χ4n) is 4.14. The lowest BCUT2D eigenvalue weighted by atomic mass is 9.68. The van der Waals surface area contributed by atoms with Crippen LogP contribution in [0.2, 0.25) is 0 Å². The Bertz CT molecular complexity index is 705. The standard InChI is InChI=1S/C23H30O3Si/c1-22(2,3)18-14-16-23(17-15-18,21(24)25)26-27(19-10-6-4-7-11-19)20-12-8-5-9-13-20/h4-13,18,27H,14-17H2,1-3H3,(H,24,25). The maximum Gasteiger partial charge on any atom is 0.334 e. The zero-order valence-corrected chi connectivity index (χ0v) is 17.7. The van der Waals surface area contributed by atoms with Crippen molar-refractivity contribution in [2.75, 3.05) is 0 Å². The van der Waals surface area contributed by atoms with Crippen LogP contribution in [0.1, 0.15) is 46.5 Å². The Hall–Kier alpha value is -1.91. The quantitative estimate of drug-likeness (QED) is 0.804. The highest BCUT2D eigenvalue weighted by Crippen LogP contribution is 2.43. The summed E-state index contributed by atoms with van der Waals surface area (Å²) < 4.78 is 6.61. The van der Waals surface area contributed by atoms with Gasteiger partial charge >= 0.3 is 5.97 Å². The van der Waals surface area contributed by atoms with E-state index in [1.807, 2.05) is 36.4 Å². The van der Waals surface area contributed by atoms with Crippen LogP contribution in [0, 0.1) is 11.3 Å². The summed E-state index contributed by atoms with van der Waals surface area (Å²) in [6.45, 7) is 6.74. The van der Waals surface area contributed by atoms with Gasteiger partial charge in [-0.3, -0.25) is 0 Å². The largest absolute Gasteiger partial charge is 0.479 e. The van der Waals surface area contributed by atoms with Gasteiger partial charge in [0.1, 0.15) is 0 Å². The number of rotatable bonds is 5. The molecule has 0 saturated heterocycles. The number of hydrogen-bond acceptors (Lipinski definition) is 2. The first-order valence-corrected chi connectivity index (χ1v) is 11.5. The number of benzene rings is 2. The van der Waals surface area contributed by atoms with E-state index in [1.165, 1.54) is 0 Å². The molecule has 144 valence electrons. The van der Waals surface area contributed by atoms with Crippen molar-refractivity contribution >= 4 is 25.4 Å². The minimum Gasteiger partial charge on any atom is -0.479 e. The van der Waals surface area contributed by atoms with Crippen LogP contribution in [0.4, 0.5) is 0 Å². The van der Waals surface area contributed by atoms with Crippen molar-refractivity contribution in [2.45, 2.75) is 52.1 Å². The molecule has 0 radical (unpaired) electrons. The highest BCUT2D eigenvalue weighted by molar-refractivity contribution is 6.80. The predicted molar refractivity (Wildman–Crippen MR) is 112 cm³/mol. The van der Waals surface area contributed by atoms with E-state index in [1.54, 1.807) is 0 Å². The molecule has 4 heteroatoms. The van der Waals surface area contributed by atoms with E-state index >= 15 is 0 Å². The third-order valence-corrected chi connectivity index (χ3v) is 8.62. The second kappa shape index (κ2) is 7.99. The Balaban J connectivity index is 1.90. The molecule has 0 aromatic heterocycles. The van der Waals surface area contributed by atoms with E-state index in [0.29, 0.717) is 18.8 Å². The van der Waals surface area contributed by atoms with Crippen molar-refractivity contribution in [3.63, 3.8) is 0 Å². The zero-order valence-electron chi connectivity index (χ0n) is 16.5. The number of hydrogen-bond donors (Lipinski definition) is 1. The van der Waals surface area contributed by atoms with E-state index < -0.39 is 20.6 Å². The van der Waals surface area contributed by atoms with Gasteiger partial charge in [0.15, 0.2) is 5.60 Å². The molecule has 27 heavy (non-hydrogen) atoms. The Morgan fingerprint density at radius 2 is 1.41 bits per heavy atom. The molecule has 0 unspecified atom stereocenters. The smallest absolute Gasteiger partial charge is 0.334 e. The Kier molecular flexibility index (Phi) is 5.87. The molecular weight excluding hydrogens is 352 g/mol. The molecule has 0 amide bonds. The Morgan fingerprint density at radius 3 is 1.78 bits per heavy atom. The molecule has 2 aromatic carbocycles. The second-order valence-electron chi connectivity index (χ2n) is 8.76. The summed E-state index contributed by atoms with van der Waals surface area (Å²) in [6.07, 6.45) is 2.99. The fourth-order valence-corrected chi connectivity index (χ4v) is 6.73. The maximum absolute atomic E-state index is 12.3. The summed E-state index contributed by atoms with van der Waals surface area (Å²) in [6, 6.07) is 20.3. The van der Waals surface area contributed by atoms with Crippen LogP contribution < -0.4 is 10.4 Å². The van der Waals surface area contributed by atoms with Crippen molar-refractivity contribution in [3.8, 4) is 0 Å². The number of aliphatic carboxylic acids is 1. The second-order valence-corrected chi connectivity index (χ2v) is 11.1. The van der Waals surface area contributed by atoms with Crippen LogP contribution in [0.5, 0.6) is 0 Å². The van der Waals surface area contributed by atoms with Gasteiger partial charge in [-0.15, -0.1) is 0 Å². The van der Waals surface area contributed by atoms with Crippen molar-refractivity contribution < 1.29 is 14.3 Å². The molecule has 1 fully saturated rings. The molecule has 3 rings (SSSR count). The number of carboxylic acid groups (broad SMARTS) is 1. The Morgan fingerprint density at radius 1 is 0.963 bits per heavy atom. The van der Waals surface area contributed by atoms with Gasteiger partial charge in [0.2, 0.25) is 9.04 Å². The molecule has 1 saturated carbocycles. The van der Waals surface area contributed by atoms with Gasteiger partial charge in [-0.25, -0.2) is 4.79 Å². The van der Waals surface area contributed by atoms with Gasteiger partial charge in [-0.1, -0.05) is 81.4 Å². The normalized spacial score (nSPS) is 23.3. The first-order valence-electron chi connectivity index (χ1n) is 9.83. The molecule has 1 aliphatic carbocycles. The van der Waals surface area contributed by atoms with Gasteiger partial charge in [0.05, 0.1) is 0 Å². The summed E-state index contributed by atoms with van der Waals surface area (Å²) >= 11 is 0.